The molecule has 102 valence electrons. The highest BCUT2D eigenvalue weighted by atomic mass is 32.1. The Morgan fingerprint density at radius 3 is 2.50 bits per heavy atom. The highest BCUT2D eigenvalue weighted by molar-refractivity contribution is 7.80. The minimum Gasteiger partial charge on any atom is -0.508 e. The molecule has 1 aromatic heterocycles. The summed E-state index contributed by atoms with van der Waals surface area (Å²) in [6.45, 7) is 1.70. The maximum atomic E-state index is 12.4. The number of aryl methyl sites for hydroxylation is 1. The normalized spacial score (nSPS) is 10.1. The van der Waals surface area contributed by atoms with Crippen LogP contribution in [0.15, 0.2) is 42.5 Å². The molecular formula is C14H13N3O2S. The van der Waals surface area contributed by atoms with E-state index in [9.17, 15) is 9.90 Å². The Morgan fingerprint density at radius 2 is 1.95 bits per heavy atom. The molecule has 0 saturated carbocycles. The summed E-state index contributed by atoms with van der Waals surface area (Å²) in [5, 5.41) is 9.49. The van der Waals surface area contributed by atoms with E-state index in [1.54, 1.807) is 37.3 Å². The molecule has 20 heavy (non-hydrogen) atoms. The van der Waals surface area contributed by atoms with Gasteiger partial charge >= 0.3 is 0 Å². The highest BCUT2D eigenvalue weighted by Crippen LogP contribution is 2.21. The van der Waals surface area contributed by atoms with Crippen molar-refractivity contribution in [3.05, 3.63) is 53.7 Å². The molecule has 6 heteroatoms. The first-order chi connectivity index (χ1) is 9.49. The van der Waals surface area contributed by atoms with E-state index in [4.69, 9.17) is 18.0 Å². The van der Waals surface area contributed by atoms with Gasteiger partial charge < -0.3 is 10.8 Å². The number of aromatic hydroxyl groups is 1. The van der Waals surface area contributed by atoms with Crippen molar-refractivity contribution in [2.45, 2.75) is 6.92 Å². The number of hydrogen-bond acceptors (Lipinski definition) is 4. The monoisotopic (exact) mass is 287 g/mol. The molecular weight excluding hydrogens is 274 g/mol. The molecule has 2 aromatic rings. The first-order valence-corrected chi connectivity index (χ1v) is 6.26. The lowest BCUT2D eigenvalue weighted by Gasteiger charge is -2.20. The van der Waals surface area contributed by atoms with E-state index in [-0.39, 0.29) is 16.7 Å². The van der Waals surface area contributed by atoms with Crippen molar-refractivity contribution >= 4 is 29.1 Å². The van der Waals surface area contributed by atoms with Crippen molar-refractivity contribution in [2.24, 2.45) is 5.73 Å². The van der Waals surface area contributed by atoms with Crippen LogP contribution in [0, 0.1) is 6.92 Å². The predicted octanol–water partition coefficient (Wildman–Crippen LogP) is 1.99. The average molecular weight is 287 g/mol. The first-order valence-electron chi connectivity index (χ1n) is 5.85. The van der Waals surface area contributed by atoms with Crippen molar-refractivity contribution in [1.82, 2.24) is 4.98 Å². The van der Waals surface area contributed by atoms with Crippen molar-refractivity contribution in [3.8, 4) is 5.75 Å². The van der Waals surface area contributed by atoms with Crippen LogP contribution in [0.25, 0.3) is 0 Å². The Labute approximate surface area is 121 Å². The molecule has 0 aliphatic rings. The van der Waals surface area contributed by atoms with Crippen LogP contribution in [-0.4, -0.2) is 21.1 Å². The van der Waals surface area contributed by atoms with Crippen LogP contribution in [0.2, 0.25) is 0 Å². The van der Waals surface area contributed by atoms with E-state index in [1.807, 2.05) is 0 Å². The zero-order valence-electron chi connectivity index (χ0n) is 10.8. The molecule has 1 aromatic carbocycles. The second-order valence-electron chi connectivity index (χ2n) is 4.17. The van der Waals surface area contributed by atoms with Gasteiger partial charge in [-0.05, 0) is 31.3 Å². The molecule has 3 N–H and O–H groups in total. The van der Waals surface area contributed by atoms with Gasteiger partial charge in [0.25, 0.3) is 5.91 Å². The van der Waals surface area contributed by atoms with E-state index in [0.717, 1.165) is 4.90 Å². The van der Waals surface area contributed by atoms with Crippen molar-refractivity contribution in [2.75, 3.05) is 4.90 Å². The standard InChI is InChI=1S/C14H13N3O2S/c1-9-7-11(18)8-12(16-9)17(14(15)20)13(19)10-5-3-2-4-6-10/h2-8H,1H3,(H2,15,20)(H,16,18). The third kappa shape index (κ3) is 2.92. The van der Waals surface area contributed by atoms with Crippen LogP contribution in [0.4, 0.5) is 5.82 Å². The van der Waals surface area contributed by atoms with E-state index in [0.29, 0.717) is 11.3 Å². The number of thiocarbonyl (C=S) groups is 1. The highest BCUT2D eigenvalue weighted by Gasteiger charge is 2.22. The lowest BCUT2D eigenvalue weighted by molar-refractivity contribution is 0.100. The number of amides is 1. The number of rotatable bonds is 2. The zero-order chi connectivity index (χ0) is 14.7. The van der Waals surface area contributed by atoms with Crippen LogP contribution in [-0.2, 0) is 0 Å². The predicted molar refractivity (Wildman–Crippen MR) is 80.7 cm³/mol. The number of pyridine rings is 1. The minimum atomic E-state index is -0.393. The largest absolute Gasteiger partial charge is 0.508 e. The number of nitrogens with zero attached hydrogens (tertiary/aromatic N) is 2. The summed E-state index contributed by atoms with van der Waals surface area (Å²) in [7, 11) is 0. The molecule has 0 bridgehead atoms. The number of hydrogen-bond donors (Lipinski definition) is 2. The summed E-state index contributed by atoms with van der Waals surface area (Å²) < 4.78 is 0. The fourth-order valence-electron chi connectivity index (χ4n) is 1.77. The van der Waals surface area contributed by atoms with Crippen molar-refractivity contribution < 1.29 is 9.90 Å². The molecule has 0 aliphatic heterocycles. The Bertz CT molecular complexity index is 638. The smallest absolute Gasteiger partial charge is 0.265 e. The van der Waals surface area contributed by atoms with Crippen LogP contribution >= 0.6 is 12.2 Å². The van der Waals surface area contributed by atoms with Gasteiger partial charge in [0.15, 0.2) is 5.11 Å². The Kier molecular flexibility index (Phi) is 3.95. The van der Waals surface area contributed by atoms with E-state index < -0.39 is 5.91 Å². The summed E-state index contributed by atoms with van der Waals surface area (Å²) in [4.78, 5) is 17.7. The van der Waals surface area contributed by atoms with Crippen molar-refractivity contribution in [3.63, 3.8) is 0 Å². The van der Waals surface area contributed by atoms with E-state index in [1.165, 1.54) is 12.1 Å². The van der Waals surface area contributed by atoms with Crippen molar-refractivity contribution in [1.29, 1.82) is 0 Å². The van der Waals surface area contributed by atoms with Crippen LogP contribution in [0.3, 0.4) is 0 Å². The third-order valence-corrected chi connectivity index (χ3v) is 2.78. The number of carbonyl (C=O) groups is 1. The second-order valence-corrected chi connectivity index (χ2v) is 4.59. The topological polar surface area (TPSA) is 79.5 Å². The zero-order valence-corrected chi connectivity index (χ0v) is 11.6. The van der Waals surface area contributed by atoms with Gasteiger partial charge in [-0.1, -0.05) is 18.2 Å². The molecule has 0 spiro atoms. The number of aromatic nitrogens is 1. The van der Waals surface area contributed by atoms with Crippen LogP contribution < -0.4 is 10.6 Å². The molecule has 5 nitrogen and oxygen atoms in total. The number of carbonyl (C=O) groups excluding carboxylic acids is 1. The summed E-state index contributed by atoms with van der Waals surface area (Å²) in [6.07, 6.45) is 0. The molecule has 0 atom stereocenters. The van der Waals surface area contributed by atoms with Gasteiger partial charge in [0.2, 0.25) is 0 Å². The molecule has 0 aliphatic carbocycles. The van der Waals surface area contributed by atoms with Gasteiger partial charge in [-0.15, -0.1) is 0 Å². The maximum Gasteiger partial charge on any atom is 0.265 e. The fourth-order valence-corrected chi connectivity index (χ4v) is 1.95. The number of benzene rings is 1. The van der Waals surface area contributed by atoms with Gasteiger partial charge in [0.1, 0.15) is 11.6 Å². The summed E-state index contributed by atoms with van der Waals surface area (Å²) in [5.41, 5.74) is 6.61. The lowest BCUT2D eigenvalue weighted by atomic mass is 10.2. The van der Waals surface area contributed by atoms with Crippen LogP contribution in [0.1, 0.15) is 16.1 Å². The van der Waals surface area contributed by atoms with Gasteiger partial charge in [0, 0.05) is 23.4 Å². The Hall–Kier alpha value is -2.47. The molecule has 1 heterocycles. The van der Waals surface area contributed by atoms with E-state index >= 15 is 0 Å². The average Bonchev–Trinajstić information content (AvgIpc) is 2.38. The molecule has 0 saturated heterocycles. The summed E-state index contributed by atoms with van der Waals surface area (Å²) >= 11 is 4.92. The third-order valence-electron chi connectivity index (χ3n) is 2.60. The number of nitrogens with two attached hydrogens (primary N) is 1. The van der Waals surface area contributed by atoms with Gasteiger partial charge in [-0.25, -0.2) is 9.88 Å². The molecule has 0 fully saturated rings. The minimum absolute atomic E-state index is 0.00499. The maximum absolute atomic E-state index is 12.4. The fraction of sp³-hybridized carbons (Fsp3) is 0.0714. The molecule has 0 radical (unpaired) electrons. The van der Waals surface area contributed by atoms with Crippen LogP contribution in [0.5, 0.6) is 5.75 Å². The second kappa shape index (κ2) is 5.66. The lowest BCUT2D eigenvalue weighted by Crippen LogP contribution is -2.41. The summed E-state index contributed by atoms with van der Waals surface area (Å²) in [6, 6.07) is 11.4. The molecule has 1 amide bonds. The molecule has 0 unspecified atom stereocenters. The number of anilines is 1. The Morgan fingerprint density at radius 1 is 1.30 bits per heavy atom. The van der Waals surface area contributed by atoms with E-state index in [2.05, 4.69) is 4.98 Å². The summed E-state index contributed by atoms with van der Waals surface area (Å²) in [5.74, 6) is -0.200. The SMILES string of the molecule is Cc1cc(O)cc(N(C(=O)c2ccccc2)C(N)=S)n1. The quantitative estimate of drug-likeness (QED) is 0.826. The van der Waals surface area contributed by atoms with Gasteiger partial charge in [-0.3, -0.25) is 4.79 Å². The molecule has 2 rings (SSSR count). The first kappa shape index (κ1) is 14.0. The van der Waals surface area contributed by atoms with Gasteiger partial charge in [0.05, 0.1) is 0 Å². The Balaban J connectivity index is 2.47. The van der Waals surface area contributed by atoms with Gasteiger partial charge in [-0.2, -0.15) is 0 Å².